The number of hydrogen-bond donors (Lipinski definition) is 0. The SMILES string of the molecule is COc1ccccc1CN1CCCC1c1c(C)noc1C. The van der Waals surface area contributed by atoms with Gasteiger partial charge in [0.05, 0.1) is 12.8 Å². The van der Waals surface area contributed by atoms with Crippen LogP contribution in [0, 0.1) is 13.8 Å². The van der Waals surface area contributed by atoms with E-state index in [9.17, 15) is 0 Å². The predicted molar refractivity (Wildman–Crippen MR) is 81.4 cm³/mol. The third-order valence-corrected chi connectivity index (χ3v) is 4.35. The molecule has 4 heteroatoms. The molecule has 112 valence electrons. The minimum absolute atomic E-state index is 0.404. The summed E-state index contributed by atoms with van der Waals surface area (Å²) in [5.41, 5.74) is 3.52. The Balaban J connectivity index is 1.85. The van der Waals surface area contributed by atoms with Gasteiger partial charge in [-0.1, -0.05) is 23.4 Å². The molecule has 1 aromatic heterocycles. The summed E-state index contributed by atoms with van der Waals surface area (Å²) in [6.45, 7) is 6.05. The molecule has 0 radical (unpaired) electrons. The van der Waals surface area contributed by atoms with Crippen molar-refractivity contribution in [1.82, 2.24) is 10.1 Å². The number of nitrogens with zero attached hydrogens (tertiary/aromatic N) is 2. The van der Waals surface area contributed by atoms with Gasteiger partial charge in [-0.3, -0.25) is 4.90 Å². The fraction of sp³-hybridized carbons (Fsp3) is 0.471. The molecule has 1 saturated heterocycles. The first kappa shape index (κ1) is 14.1. The smallest absolute Gasteiger partial charge is 0.138 e. The zero-order valence-corrected chi connectivity index (χ0v) is 12.9. The predicted octanol–water partition coefficient (Wildman–Crippen LogP) is 3.64. The van der Waals surface area contributed by atoms with Gasteiger partial charge < -0.3 is 9.26 Å². The maximum Gasteiger partial charge on any atom is 0.138 e. The molecule has 1 aromatic carbocycles. The van der Waals surface area contributed by atoms with Gasteiger partial charge in [0.15, 0.2) is 0 Å². The number of methoxy groups -OCH3 is 1. The first-order valence-electron chi connectivity index (χ1n) is 7.49. The van der Waals surface area contributed by atoms with Gasteiger partial charge >= 0.3 is 0 Å². The van der Waals surface area contributed by atoms with Crippen LogP contribution in [0.4, 0.5) is 0 Å². The van der Waals surface area contributed by atoms with Crippen molar-refractivity contribution in [2.45, 2.75) is 39.3 Å². The summed E-state index contributed by atoms with van der Waals surface area (Å²) < 4.78 is 10.8. The van der Waals surface area contributed by atoms with Gasteiger partial charge in [-0.05, 0) is 39.3 Å². The minimum atomic E-state index is 0.404. The van der Waals surface area contributed by atoms with E-state index in [-0.39, 0.29) is 0 Å². The molecule has 0 saturated carbocycles. The van der Waals surface area contributed by atoms with Gasteiger partial charge in [0.2, 0.25) is 0 Å². The summed E-state index contributed by atoms with van der Waals surface area (Å²) in [7, 11) is 1.73. The molecular weight excluding hydrogens is 264 g/mol. The average Bonchev–Trinajstić information content (AvgIpc) is 3.06. The molecule has 1 atom stereocenters. The molecule has 1 aliphatic heterocycles. The Morgan fingerprint density at radius 1 is 1.33 bits per heavy atom. The average molecular weight is 286 g/mol. The Labute approximate surface area is 125 Å². The summed E-state index contributed by atoms with van der Waals surface area (Å²) in [6, 6.07) is 8.65. The molecule has 1 fully saturated rings. The van der Waals surface area contributed by atoms with E-state index in [1.54, 1.807) is 7.11 Å². The van der Waals surface area contributed by atoms with Crippen LogP contribution in [0.5, 0.6) is 5.75 Å². The topological polar surface area (TPSA) is 38.5 Å². The number of para-hydroxylation sites is 1. The molecule has 1 unspecified atom stereocenters. The molecule has 2 heterocycles. The molecule has 3 rings (SSSR count). The van der Waals surface area contributed by atoms with Crippen LogP contribution in [0.15, 0.2) is 28.8 Å². The lowest BCUT2D eigenvalue weighted by molar-refractivity contribution is 0.242. The van der Waals surface area contributed by atoms with Crippen LogP contribution in [-0.4, -0.2) is 23.7 Å². The second kappa shape index (κ2) is 5.90. The number of aromatic nitrogens is 1. The van der Waals surface area contributed by atoms with Crippen molar-refractivity contribution < 1.29 is 9.26 Å². The van der Waals surface area contributed by atoms with Gasteiger partial charge in [-0.15, -0.1) is 0 Å². The van der Waals surface area contributed by atoms with Gasteiger partial charge in [0, 0.05) is 23.7 Å². The van der Waals surface area contributed by atoms with Gasteiger partial charge in [0.1, 0.15) is 11.5 Å². The van der Waals surface area contributed by atoms with Gasteiger partial charge in [-0.25, -0.2) is 0 Å². The van der Waals surface area contributed by atoms with E-state index in [1.807, 2.05) is 26.0 Å². The molecule has 0 aliphatic carbocycles. The lowest BCUT2D eigenvalue weighted by Gasteiger charge is -2.25. The highest BCUT2D eigenvalue weighted by Crippen LogP contribution is 2.37. The summed E-state index contributed by atoms with van der Waals surface area (Å²) in [6.07, 6.45) is 2.38. The molecule has 1 aliphatic rings. The summed E-state index contributed by atoms with van der Waals surface area (Å²) in [5.74, 6) is 1.91. The van der Waals surface area contributed by atoms with Crippen LogP contribution in [0.2, 0.25) is 0 Å². The van der Waals surface area contributed by atoms with E-state index >= 15 is 0 Å². The van der Waals surface area contributed by atoms with Crippen molar-refractivity contribution in [2.75, 3.05) is 13.7 Å². The highest BCUT2D eigenvalue weighted by Gasteiger charge is 2.30. The fourth-order valence-electron chi connectivity index (χ4n) is 3.36. The molecular formula is C17H22N2O2. The Kier molecular flexibility index (Phi) is 3.97. The van der Waals surface area contributed by atoms with Crippen molar-refractivity contribution in [3.05, 3.63) is 46.8 Å². The highest BCUT2D eigenvalue weighted by atomic mass is 16.5. The Morgan fingerprint density at radius 3 is 2.86 bits per heavy atom. The Hall–Kier alpha value is -1.81. The first-order chi connectivity index (χ1) is 10.2. The van der Waals surface area contributed by atoms with E-state index in [4.69, 9.17) is 9.26 Å². The maximum atomic E-state index is 5.47. The third-order valence-electron chi connectivity index (χ3n) is 4.35. The van der Waals surface area contributed by atoms with E-state index in [0.29, 0.717) is 6.04 Å². The van der Waals surface area contributed by atoms with Gasteiger partial charge in [0.25, 0.3) is 0 Å². The zero-order chi connectivity index (χ0) is 14.8. The number of ether oxygens (including phenoxy) is 1. The summed E-state index contributed by atoms with van der Waals surface area (Å²) >= 11 is 0. The molecule has 4 nitrogen and oxygen atoms in total. The second-order valence-electron chi connectivity index (χ2n) is 5.68. The monoisotopic (exact) mass is 286 g/mol. The second-order valence-corrected chi connectivity index (χ2v) is 5.68. The number of rotatable bonds is 4. The number of aryl methyl sites for hydroxylation is 2. The van der Waals surface area contributed by atoms with Crippen molar-refractivity contribution in [2.24, 2.45) is 0 Å². The highest BCUT2D eigenvalue weighted by molar-refractivity contribution is 5.34. The van der Waals surface area contributed by atoms with Crippen molar-refractivity contribution in [3.8, 4) is 5.75 Å². The third kappa shape index (κ3) is 2.68. The van der Waals surface area contributed by atoms with E-state index in [2.05, 4.69) is 22.2 Å². The summed E-state index contributed by atoms with van der Waals surface area (Å²) in [5, 5.41) is 4.11. The molecule has 0 amide bonds. The van der Waals surface area contributed by atoms with Crippen LogP contribution in [0.25, 0.3) is 0 Å². The van der Waals surface area contributed by atoms with Crippen LogP contribution in [0.1, 0.15) is 41.5 Å². The van der Waals surface area contributed by atoms with Crippen molar-refractivity contribution in [1.29, 1.82) is 0 Å². The van der Waals surface area contributed by atoms with E-state index in [1.165, 1.54) is 17.5 Å². The normalized spacial score (nSPS) is 19.1. The van der Waals surface area contributed by atoms with Crippen molar-refractivity contribution in [3.63, 3.8) is 0 Å². The molecule has 21 heavy (non-hydrogen) atoms. The lowest BCUT2D eigenvalue weighted by Crippen LogP contribution is -2.23. The first-order valence-corrected chi connectivity index (χ1v) is 7.49. The number of likely N-dealkylation sites (tertiary alicyclic amines) is 1. The molecule has 0 N–H and O–H groups in total. The number of benzene rings is 1. The molecule has 0 bridgehead atoms. The van der Waals surface area contributed by atoms with E-state index < -0.39 is 0 Å². The summed E-state index contributed by atoms with van der Waals surface area (Å²) in [4.78, 5) is 2.50. The lowest BCUT2D eigenvalue weighted by atomic mass is 10.0. The van der Waals surface area contributed by atoms with Crippen LogP contribution in [0.3, 0.4) is 0 Å². The van der Waals surface area contributed by atoms with Gasteiger partial charge in [-0.2, -0.15) is 0 Å². The molecule has 0 spiro atoms. The minimum Gasteiger partial charge on any atom is -0.496 e. The Bertz CT molecular complexity index is 602. The standard InChI is InChI=1S/C17H22N2O2/c1-12-17(13(2)21-18-12)15-8-6-10-19(15)11-14-7-4-5-9-16(14)20-3/h4-5,7,9,15H,6,8,10-11H2,1-3H3. The maximum absolute atomic E-state index is 5.47. The van der Waals surface area contributed by atoms with Crippen LogP contribution in [-0.2, 0) is 6.54 Å². The largest absolute Gasteiger partial charge is 0.496 e. The number of hydrogen-bond acceptors (Lipinski definition) is 4. The quantitative estimate of drug-likeness (QED) is 0.860. The zero-order valence-electron chi connectivity index (χ0n) is 12.9. The Morgan fingerprint density at radius 2 is 2.14 bits per heavy atom. The molecule has 2 aromatic rings. The van der Waals surface area contributed by atoms with Crippen LogP contribution < -0.4 is 4.74 Å². The fourth-order valence-corrected chi connectivity index (χ4v) is 3.36. The van der Waals surface area contributed by atoms with E-state index in [0.717, 1.165) is 36.7 Å². The van der Waals surface area contributed by atoms with Crippen molar-refractivity contribution >= 4 is 0 Å². The van der Waals surface area contributed by atoms with Crippen LogP contribution >= 0.6 is 0 Å².